The first-order valence-electron chi connectivity index (χ1n) is 4.40. The van der Waals surface area contributed by atoms with Gasteiger partial charge < -0.3 is 9.84 Å². The van der Waals surface area contributed by atoms with Crippen LogP contribution in [0.5, 0.6) is 0 Å². The Morgan fingerprint density at radius 2 is 2.00 bits per heavy atom. The Morgan fingerprint density at radius 3 is 2.43 bits per heavy atom. The molecule has 1 aliphatic rings. The summed E-state index contributed by atoms with van der Waals surface area (Å²) < 4.78 is 27.4. The fourth-order valence-corrected chi connectivity index (χ4v) is 2.88. The van der Waals surface area contributed by atoms with Crippen molar-refractivity contribution in [2.75, 3.05) is 24.7 Å². The largest absolute Gasteiger partial charge is 0.394 e. The molecule has 1 fully saturated rings. The molecule has 0 saturated carbocycles. The summed E-state index contributed by atoms with van der Waals surface area (Å²) in [6.45, 7) is -0.0796. The van der Waals surface area contributed by atoms with Crippen LogP contribution in [0.2, 0.25) is 0 Å². The number of rotatable bonds is 3. The molecule has 0 radical (unpaired) electrons. The van der Waals surface area contributed by atoms with Gasteiger partial charge >= 0.3 is 0 Å². The molecule has 0 unspecified atom stereocenters. The maximum absolute atomic E-state index is 11.1. The predicted octanol–water partition coefficient (Wildman–Crippen LogP) is -0.534. The highest BCUT2D eigenvalue weighted by atomic mass is 32.2. The lowest BCUT2D eigenvalue weighted by atomic mass is 9.99. The Labute approximate surface area is 83.2 Å². The number of ether oxygens (including phenoxy) is 1. The maximum atomic E-state index is 11.1. The first kappa shape index (κ1) is 11.4. The van der Waals surface area contributed by atoms with E-state index in [4.69, 9.17) is 15.1 Å². The van der Waals surface area contributed by atoms with E-state index in [9.17, 15) is 8.42 Å². The van der Waals surface area contributed by atoms with E-state index >= 15 is 0 Å². The van der Waals surface area contributed by atoms with Crippen LogP contribution < -0.4 is 0 Å². The summed E-state index contributed by atoms with van der Waals surface area (Å²) in [5, 5.41) is 17.4. The smallest absolute Gasteiger partial charge is 0.156 e. The average Bonchev–Trinajstić information content (AvgIpc) is 2.18. The normalized spacial score (nSPS) is 24.0. The van der Waals surface area contributed by atoms with E-state index in [0.717, 1.165) is 0 Å². The Hall–Kier alpha value is -0.640. The molecule has 1 aliphatic heterocycles. The first-order valence-corrected chi connectivity index (χ1v) is 6.22. The molecule has 6 heteroatoms. The Bertz CT molecular complexity index is 316. The van der Waals surface area contributed by atoms with Gasteiger partial charge in [0.15, 0.2) is 15.4 Å². The number of aliphatic hydroxyl groups excluding tert-OH is 1. The molecule has 1 rings (SSSR count). The molecular weight excluding hydrogens is 206 g/mol. The second kappa shape index (κ2) is 4.26. The fraction of sp³-hybridized carbons (Fsp3) is 0.875. The molecule has 0 aliphatic carbocycles. The highest BCUT2D eigenvalue weighted by molar-refractivity contribution is 7.91. The summed E-state index contributed by atoms with van der Waals surface area (Å²) in [4.78, 5) is 0. The van der Waals surface area contributed by atoms with Crippen LogP contribution in [-0.2, 0) is 14.6 Å². The van der Waals surface area contributed by atoms with E-state index in [1.165, 1.54) is 0 Å². The Balaban J connectivity index is 2.62. The van der Waals surface area contributed by atoms with E-state index < -0.39 is 15.4 Å². The summed E-state index contributed by atoms with van der Waals surface area (Å²) in [7, 11) is -2.98. The van der Waals surface area contributed by atoms with Gasteiger partial charge in [-0.3, -0.25) is 0 Å². The van der Waals surface area contributed by atoms with Crippen molar-refractivity contribution in [3.63, 3.8) is 0 Å². The van der Waals surface area contributed by atoms with Gasteiger partial charge in [-0.15, -0.1) is 0 Å². The topological polar surface area (TPSA) is 87.4 Å². The summed E-state index contributed by atoms with van der Waals surface area (Å²) in [6.07, 6.45) is 0.400. The zero-order valence-corrected chi connectivity index (χ0v) is 8.59. The number of hydrogen-bond acceptors (Lipinski definition) is 5. The average molecular weight is 219 g/mol. The van der Waals surface area contributed by atoms with Gasteiger partial charge in [0.25, 0.3) is 0 Å². The molecule has 0 atom stereocenters. The zero-order chi connectivity index (χ0) is 10.7. The van der Waals surface area contributed by atoms with Gasteiger partial charge in [-0.2, -0.15) is 5.26 Å². The minimum absolute atomic E-state index is 0.00795. The lowest BCUT2D eigenvalue weighted by Crippen LogP contribution is -2.41. The SMILES string of the molecule is N#CC1(OCCO)CCS(=O)(=O)CC1. The Morgan fingerprint density at radius 1 is 1.43 bits per heavy atom. The van der Waals surface area contributed by atoms with Crippen molar-refractivity contribution in [2.24, 2.45) is 0 Å². The van der Waals surface area contributed by atoms with Crippen LogP contribution in [0.25, 0.3) is 0 Å². The summed E-state index contributed by atoms with van der Waals surface area (Å²) in [5.41, 5.74) is -1.01. The minimum Gasteiger partial charge on any atom is -0.394 e. The van der Waals surface area contributed by atoms with Crippen molar-refractivity contribution >= 4 is 9.84 Å². The highest BCUT2D eigenvalue weighted by Crippen LogP contribution is 2.26. The van der Waals surface area contributed by atoms with Crippen molar-refractivity contribution in [1.29, 1.82) is 5.26 Å². The van der Waals surface area contributed by atoms with Crippen LogP contribution in [0, 0.1) is 11.3 Å². The molecule has 1 N–H and O–H groups in total. The predicted molar refractivity (Wildman–Crippen MR) is 49.3 cm³/mol. The lowest BCUT2D eigenvalue weighted by Gasteiger charge is -2.30. The number of sulfone groups is 1. The van der Waals surface area contributed by atoms with E-state index in [1.54, 1.807) is 0 Å². The lowest BCUT2D eigenvalue weighted by molar-refractivity contribution is -0.0251. The summed E-state index contributed by atoms with van der Waals surface area (Å²) in [6, 6.07) is 1.99. The van der Waals surface area contributed by atoms with Crippen molar-refractivity contribution in [3.8, 4) is 6.07 Å². The van der Waals surface area contributed by atoms with E-state index in [2.05, 4.69) is 0 Å². The van der Waals surface area contributed by atoms with Gasteiger partial charge in [-0.05, 0) is 0 Å². The molecule has 0 aromatic rings. The third-order valence-corrected chi connectivity index (χ3v) is 3.96. The van der Waals surface area contributed by atoms with Crippen molar-refractivity contribution in [3.05, 3.63) is 0 Å². The highest BCUT2D eigenvalue weighted by Gasteiger charge is 2.38. The second-order valence-electron chi connectivity index (χ2n) is 3.33. The zero-order valence-electron chi connectivity index (χ0n) is 7.77. The quantitative estimate of drug-likeness (QED) is 0.689. The van der Waals surface area contributed by atoms with Gasteiger partial charge in [0, 0.05) is 12.8 Å². The number of nitriles is 1. The first-order chi connectivity index (χ1) is 6.54. The van der Waals surface area contributed by atoms with Gasteiger partial charge in [-0.25, -0.2) is 8.42 Å². The van der Waals surface area contributed by atoms with Crippen molar-refractivity contribution in [2.45, 2.75) is 18.4 Å². The molecule has 0 aromatic carbocycles. The van der Waals surface area contributed by atoms with Crippen LogP contribution >= 0.6 is 0 Å². The van der Waals surface area contributed by atoms with Crippen LogP contribution in [0.4, 0.5) is 0 Å². The van der Waals surface area contributed by atoms with Crippen LogP contribution in [0.15, 0.2) is 0 Å². The van der Waals surface area contributed by atoms with Gasteiger partial charge in [0.05, 0.1) is 30.8 Å². The third kappa shape index (κ3) is 2.67. The third-order valence-electron chi connectivity index (χ3n) is 2.31. The van der Waals surface area contributed by atoms with E-state index in [1.807, 2.05) is 6.07 Å². The molecule has 5 nitrogen and oxygen atoms in total. The minimum atomic E-state index is -2.98. The summed E-state index contributed by atoms with van der Waals surface area (Å²) in [5.74, 6) is -0.0159. The molecule has 0 bridgehead atoms. The Kier molecular flexibility index (Phi) is 3.48. The molecule has 0 amide bonds. The van der Waals surface area contributed by atoms with Crippen LogP contribution in [0.1, 0.15) is 12.8 Å². The van der Waals surface area contributed by atoms with Gasteiger partial charge in [0.1, 0.15) is 0 Å². The molecule has 0 spiro atoms. The van der Waals surface area contributed by atoms with E-state index in [0.29, 0.717) is 0 Å². The number of aliphatic hydroxyl groups is 1. The monoisotopic (exact) mass is 219 g/mol. The van der Waals surface area contributed by atoms with Gasteiger partial charge in [0.2, 0.25) is 0 Å². The van der Waals surface area contributed by atoms with E-state index in [-0.39, 0.29) is 37.6 Å². The van der Waals surface area contributed by atoms with Crippen LogP contribution in [0.3, 0.4) is 0 Å². The number of nitrogens with zero attached hydrogens (tertiary/aromatic N) is 1. The standard InChI is InChI=1S/C8H13NO4S/c9-7-8(13-4-3-10)1-5-14(11,12)6-2-8/h10H,1-6H2. The molecule has 14 heavy (non-hydrogen) atoms. The summed E-state index contributed by atoms with van der Waals surface area (Å²) >= 11 is 0. The molecule has 80 valence electrons. The molecule has 1 saturated heterocycles. The molecule has 0 aromatic heterocycles. The van der Waals surface area contributed by atoms with Crippen molar-refractivity contribution in [1.82, 2.24) is 0 Å². The molecule has 1 heterocycles. The maximum Gasteiger partial charge on any atom is 0.156 e. The molecular formula is C8H13NO4S. The number of hydrogen-bond donors (Lipinski definition) is 1. The fourth-order valence-electron chi connectivity index (χ4n) is 1.40. The van der Waals surface area contributed by atoms with Crippen LogP contribution in [-0.4, -0.2) is 43.8 Å². The van der Waals surface area contributed by atoms with Crippen molar-refractivity contribution < 1.29 is 18.3 Å². The van der Waals surface area contributed by atoms with Gasteiger partial charge in [-0.1, -0.05) is 0 Å². The second-order valence-corrected chi connectivity index (χ2v) is 5.63.